The highest BCUT2D eigenvalue weighted by Gasteiger charge is 2.46. The van der Waals surface area contributed by atoms with Crippen LogP contribution in [0.3, 0.4) is 0 Å². The van der Waals surface area contributed by atoms with Gasteiger partial charge in [0.2, 0.25) is 0 Å². The highest BCUT2D eigenvalue weighted by atomic mass is 16.5. The van der Waals surface area contributed by atoms with Crippen molar-refractivity contribution in [3.05, 3.63) is 0 Å². The summed E-state index contributed by atoms with van der Waals surface area (Å²) in [7, 11) is 0. The number of Topliss-reactive ketones (excluding diaryl/α,β-unsaturated/α-hetero) is 1. The van der Waals surface area contributed by atoms with Crippen LogP contribution in [-0.2, 0) is 4.79 Å². The van der Waals surface area contributed by atoms with Gasteiger partial charge in [-0.05, 0) is 13.8 Å². The number of nitriles is 1. The summed E-state index contributed by atoms with van der Waals surface area (Å²) in [6, 6.07) is 1.85. The summed E-state index contributed by atoms with van der Waals surface area (Å²) in [4.78, 5) is 11.2. The van der Waals surface area contributed by atoms with Crippen molar-refractivity contribution in [2.45, 2.75) is 19.4 Å². The largest absolute Gasteiger partial charge is 0.313 e. The highest BCUT2D eigenvalue weighted by Crippen LogP contribution is 2.26. The van der Waals surface area contributed by atoms with Crippen LogP contribution in [0, 0.1) is 17.2 Å². The van der Waals surface area contributed by atoms with Crippen LogP contribution in [0.4, 0.5) is 0 Å². The Balaban J connectivity index is 2.91. The lowest BCUT2D eigenvalue weighted by Gasteiger charge is -2.22. The zero-order chi connectivity index (χ0) is 8.65. The third-order valence-corrected chi connectivity index (χ3v) is 2.08. The Morgan fingerprint density at radius 2 is 2.36 bits per heavy atom. The van der Waals surface area contributed by atoms with E-state index in [9.17, 15) is 10.0 Å². The number of rotatable bonds is 0. The molecule has 1 heterocycles. The smallest absolute Gasteiger partial charge is 0.173 e. The van der Waals surface area contributed by atoms with Gasteiger partial charge in [-0.15, -0.1) is 0 Å². The fourth-order valence-electron chi connectivity index (χ4n) is 1.14. The maximum Gasteiger partial charge on any atom is 0.173 e. The first-order valence-electron chi connectivity index (χ1n) is 3.40. The highest BCUT2D eigenvalue weighted by molar-refractivity contribution is 5.93. The summed E-state index contributed by atoms with van der Waals surface area (Å²) < 4.78 is 0. The SMILES string of the molecule is CC1(C)C(=O)C(C#N)CN1O. The van der Waals surface area contributed by atoms with E-state index >= 15 is 0 Å². The molecule has 0 saturated carbocycles. The first-order valence-corrected chi connectivity index (χ1v) is 3.40. The van der Waals surface area contributed by atoms with Gasteiger partial charge in [0.1, 0.15) is 11.5 Å². The van der Waals surface area contributed by atoms with E-state index in [2.05, 4.69) is 0 Å². The quantitative estimate of drug-likeness (QED) is 0.540. The van der Waals surface area contributed by atoms with Crippen LogP contribution < -0.4 is 0 Å². The first-order chi connectivity index (χ1) is 5.00. The molecule has 1 aliphatic rings. The van der Waals surface area contributed by atoms with Crippen LogP contribution in [0.25, 0.3) is 0 Å². The lowest BCUT2D eigenvalue weighted by atomic mass is 9.96. The molecule has 0 aromatic rings. The van der Waals surface area contributed by atoms with E-state index in [1.807, 2.05) is 6.07 Å². The molecule has 1 atom stereocenters. The summed E-state index contributed by atoms with van der Waals surface area (Å²) in [5.41, 5.74) is -0.888. The molecule has 0 aromatic heterocycles. The molecule has 1 aliphatic heterocycles. The van der Waals surface area contributed by atoms with Gasteiger partial charge >= 0.3 is 0 Å². The predicted molar refractivity (Wildman–Crippen MR) is 36.7 cm³/mol. The minimum absolute atomic E-state index is 0.127. The third kappa shape index (κ3) is 1.02. The van der Waals surface area contributed by atoms with E-state index in [0.717, 1.165) is 5.06 Å². The van der Waals surface area contributed by atoms with Gasteiger partial charge in [0.15, 0.2) is 5.78 Å². The Labute approximate surface area is 65.0 Å². The van der Waals surface area contributed by atoms with Crippen LogP contribution in [0.2, 0.25) is 0 Å². The van der Waals surface area contributed by atoms with Gasteiger partial charge in [0, 0.05) is 6.54 Å². The molecule has 0 bridgehead atoms. The van der Waals surface area contributed by atoms with Crippen LogP contribution in [0.15, 0.2) is 0 Å². The van der Waals surface area contributed by atoms with Crippen molar-refractivity contribution < 1.29 is 10.0 Å². The molecule has 0 spiro atoms. The molecule has 0 aliphatic carbocycles. The van der Waals surface area contributed by atoms with E-state index in [0.29, 0.717) is 0 Å². The van der Waals surface area contributed by atoms with Crippen LogP contribution in [0.5, 0.6) is 0 Å². The Bertz CT molecular complexity index is 229. The lowest BCUT2D eigenvalue weighted by molar-refractivity contribution is -0.152. The van der Waals surface area contributed by atoms with Crippen molar-refractivity contribution in [1.82, 2.24) is 5.06 Å². The normalized spacial score (nSPS) is 30.4. The van der Waals surface area contributed by atoms with E-state index in [4.69, 9.17) is 5.26 Å². The van der Waals surface area contributed by atoms with Gasteiger partial charge in [-0.25, -0.2) is 0 Å². The molecular formula is C7H10N2O2. The fourth-order valence-corrected chi connectivity index (χ4v) is 1.14. The second kappa shape index (κ2) is 2.29. The predicted octanol–water partition coefficient (Wildman–Crippen LogP) is 0.179. The van der Waals surface area contributed by atoms with E-state index < -0.39 is 11.5 Å². The van der Waals surface area contributed by atoms with Gasteiger partial charge in [0.25, 0.3) is 0 Å². The molecule has 1 saturated heterocycles. The summed E-state index contributed by atoms with van der Waals surface area (Å²) in [5, 5.41) is 18.6. The van der Waals surface area contributed by atoms with Crippen molar-refractivity contribution in [1.29, 1.82) is 5.26 Å². The molecule has 0 aromatic carbocycles. The molecule has 1 fully saturated rings. The summed E-state index contributed by atoms with van der Waals surface area (Å²) in [6.45, 7) is 3.34. The van der Waals surface area contributed by atoms with Crippen molar-refractivity contribution in [3.8, 4) is 6.07 Å². The summed E-state index contributed by atoms with van der Waals surface area (Å²) in [5.74, 6) is -0.877. The molecule has 4 heteroatoms. The first kappa shape index (κ1) is 8.18. The van der Waals surface area contributed by atoms with Gasteiger partial charge < -0.3 is 5.21 Å². The average Bonchev–Trinajstić information content (AvgIpc) is 2.14. The number of carbonyl (C=O) groups is 1. The average molecular weight is 154 g/mol. The van der Waals surface area contributed by atoms with Crippen molar-refractivity contribution >= 4 is 5.78 Å². The number of hydroxylamine groups is 2. The Kier molecular flexibility index (Phi) is 1.70. The Morgan fingerprint density at radius 1 is 1.82 bits per heavy atom. The van der Waals surface area contributed by atoms with Crippen molar-refractivity contribution in [3.63, 3.8) is 0 Å². The molecule has 0 amide bonds. The summed E-state index contributed by atoms with van der Waals surface area (Å²) in [6.07, 6.45) is 0. The topological polar surface area (TPSA) is 64.3 Å². The van der Waals surface area contributed by atoms with Gasteiger partial charge in [-0.2, -0.15) is 10.3 Å². The maximum atomic E-state index is 11.2. The molecule has 0 radical (unpaired) electrons. The fraction of sp³-hybridized carbons (Fsp3) is 0.714. The number of hydrogen-bond acceptors (Lipinski definition) is 4. The molecule has 1 N–H and O–H groups in total. The van der Waals surface area contributed by atoms with E-state index in [-0.39, 0.29) is 12.3 Å². The number of ketones is 1. The minimum atomic E-state index is -0.888. The summed E-state index contributed by atoms with van der Waals surface area (Å²) >= 11 is 0. The molecule has 60 valence electrons. The van der Waals surface area contributed by atoms with Crippen LogP contribution in [0.1, 0.15) is 13.8 Å². The number of nitrogens with zero attached hydrogens (tertiary/aromatic N) is 2. The maximum absolute atomic E-state index is 11.2. The van der Waals surface area contributed by atoms with Crippen LogP contribution >= 0.6 is 0 Å². The Hall–Kier alpha value is -0.920. The van der Waals surface area contributed by atoms with Crippen molar-refractivity contribution in [2.75, 3.05) is 6.54 Å². The zero-order valence-electron chi connectivity index (χ0n) is 6.53. The minimum Gasteiger partial charge on any atom is -0.313 e. The van der Waals surface area contributed by atoms with E-state index in [1.54, 1.807) is 13.8 Å². The monoisotopic (exact) mass is 154 g/mol. The third-order valence-electron chi connectivity index (χ3n) is 2.08. The molecule has 1 unspecified atom stereocenters. The number of hydrogen-bond donors (Lipinski definition) is 1. The molecule has 1 rings (SSSR count). The van der Waals surface area contributed by atoms with Gasteiger partial charge in [-0.3, -0.25) is 4.79 Å². The second-order valence-corrected chi connectivity index (χ2v) is 3.19. The van der Waals surface area contributed by atoms with Crippen molar-refractivity contribution in [2.24, 2.45) is 5.92 Å². The van der Waals surface area contributed by atoms with Gasteiger partial charge in [-0.1, -0.05) is 0 Å². The number of carbonyl (C=O) groups excluding carboxylic acids is 1. The molecule has 11 heavy (non-hydrogen) atoms. The van der Waals surface area contributed by atoms with Gasteiger partial charge in [0.05, 0.1) is 6.07 Å². The standard InChI is InChI=1S/C7H10N2O2/c1-7(2)6(10)5(3-8)4-9(7)11/h5,11H,4H2,1-2H3. The van der Waals surface area contributed by atoms with Crippen LogP contribution in [-0.4, -0.2) is 28.1 Å². The zero-order valence-corrected chi connectivity index (χ0v) is 6.53. The molecular weight excluding hydrogens is 144 g/mol. The lowest BCUT2D eigenvalue weighted by Crippen LogP contribution is -2.40. The van der Waals surface area contributed by atoms with E-state index in [1.165, 1.54) is 0 Å². The molecule has 4 nitrogen and oxygen atoms in total. The Morgan fingerprint density at radius 3 is 2.55 bits per heavy atom. The second-order valence-electron chi connectivity index (χ2n) is 3.19.